The third-order valence-corrected chi connectivity index (χ3v) is 6.59. The average Bonchev–Trinajstić information content (AvgIpc) is 3.03. The van der Waals surface area contributed by atoms with Gasteiger partial charge < -0.3 is 23.7 Å². The minimum Gasteiger partial charge on any atom is -0.497 e. The molecule has 0 radical (unpaired) electrons. The Balaban J connectivity index is 1.70. The molecule has 4 rings (SSSR count). The Bertz CT molecular complexity index is 1300. The Labute approximate surface area is 235 Å². The van der Waals surface area contributed by atoms with Crippen LogP contribution >= 0.6 is 0 Å². The van der Waals surface area contributed by atoms with Gasteiger partial charge in [0.2, 0.25) is 0 Å². The summed E-state index contributed by atoms with van der Waals surface area (Å²) in [7, 11) is 4.60. The lowest BCUT2D eigenvalue weighted by atomic mass is 9.80. The summed E-state index contributed by atoms with van der Waals surface area (Å²) in [5.74, 6) is 0.933. The van der Waals surface area contributed by atoms with Crippen molar-refractivity contribution in [2.75, 3.05) is 34.5 Å². The predicted molar refractivity (Wildman–Crippen MR) is 155 cm³/mol. The van der Waals surface area contributed by atoms with E-state index >= 15 is 0 Å². The van der Waals surface area contributed by atoms with Gasteiger partial charge in [-0.25, -0.2) is 4.79 Å². The maximum atomic E-state index is 12.8. The summed E-state index contributed by atoms with van der Waals surface area (Å²) in [4.78, 5) is 12.8. The smallest absolute Gasteiger partial charge is 0.337 e. The summed E-state index contributed by atoms with van der Waals surface area (Å²) in [6.45, 7) is 0.153. The Morgan fingerprint density at radius 1 is 0.700 bits per heavy atom. The molecule has 0 heterocycles. The van der Waals surface area contributed by atoms with E-state index in [4.69, 9.17) is 23.7 Å². The van der Waals surface area contributed by atoms with Crippen molar-refractivity contribution in [3.8, 4) is 11.5 Å². The molecule has 4 aromatic rings. The van der Waals surface area contributed by atoms with E-state index in [2.05, 4.69) is 0 Å². The van der Waals surface area contributed by atoms with Crippen LogP contribution in [0.5, 0.6) is 11.5 Å². The maximum absolute atomic E-state index is 12.8. The topological polar surface area (TPSA) is 63.2 Å². The maximum Gasteiger partial charge on any atom is 0.337 e. The van der Waals surface area contributed by atoms with Crippen LogP contribution in [0.2, 0.25) is 0 Å². The third-order valence-electron chi connectivity index (χ3n) is 6.59. The summed E-state index contributed by atoms with van der Waals surface area (Å²) in [6.07, 6.45) is 2.85. The first-order valence-corrected chi connectivity index (χ1v) is 13.0. The third kappa shape index (κ3) is 6.78. The van der Waals surface area contributed by atoms with Crippen molar-refractivity contribution in [3.05, 3.63) is 138 Å². The molecule has 0 amide bonds. The lowest BCUT2D eigenvalue weighted by Crippen LogP contribution is -2.39. The second kappa shape index (κ2) is 14.1. The molecule has 0 aliphatic carbocycles. The summed E-state index contributed by atoms with van der Waals surface area (Å²) >= 11 is 0. The quantitative estimate of drug-likeness (QED) is 0.147. The highest BCUT2D eigenvalue weighted by Crippen LogP contribution is 2.41. The van der Waals surface area contributed by atoms with Crippen LogP contribution in [0.15, 0.2) is 115 Å². The highest BCUT2D eigenvalue weighted by Gasteiger charge is 2.39. The van der Waals surface area contributed by atoms with Gasteiger partial charge in [0.25, 0.3) is 0 Å². The standard InChI is InChI=1S/C34H34O6/c1-36-30-20-16-28(17-21-30)34(27-14-8-5-9-15-27,29-18-22-31(37-2)23-19-29)40-25-32(33(35)38-3)39-24-10-13-26-11-6-4-7-12-26/h4-23,32H,24-25H2,1-3H3/b13-10+/t32-/m0/s1. The van der Waals surface area contributed by atoms with Crippen molar-refractivity contribution < 1.29 is 28.5 Å². The first-order valence-electron chi connectivity index (χ1n) is 13.0. The minimum atomic E-state index is -1.07. The molecule has 0 saturated heterocycles. The lowest BCUT2D eigenvalue weighted by Gasteiger charge is -2.37. The summed E-state index contributed by atoms with van der Waals surface area (Å²) < 4.78 is 28.7. The predicted octanol–water partition coefficient (Wildman–Crippen LogP) is 6.28. The van der Waals surface area contributed by atoms with Crippen LogP contribution in [0.3, 0.4) is 0 Å². The van der Waals surface area contributed by atoms with Gasteiger partial charge in [0, 0.05) is 0 Å². The molecule has 0 saturated carbocycles. The van der Waals surface area contributed by atoms with Crippen LogP contribution in [0.25, 0.3) is 6.08 Å². The van der Waals surface area contributed by atoms with Crippen molar-refractivity contribution in [2.45, 2.75) is 11.7 Å². The Hall–Kier alpha value is -4.39. The first-order chi connectivity index (χ1) is 19.6. The first kappa shape index (κ1) is 28.6. The van der Waals surface area contributed by atoms with E-state index in [9.17, 15) is 4.79 Å². The van der Waals surface area contributed by atoms with Crippen molar-refractivity contribution in [1.29, 1.82) is 0 Å². The number of ether oxygens (including phenoxy) is 5. The molecule has 0 aromatic heterocycles. The molecular formula is C34H34O6. The average molecular weight is 539 g/mol. The number of carbonyl (C=O) groups excluding carboxylic acids is 1. The summed E-state index contributed by atoms with van der Waals surface area (Å²) in [6, 6.07) is 35.2. The van der Waals surface area contributed by atoms with E-state index in [1.165, 1.54) is 7.11 Å². The molecule has 0 spiro atoms. The van der Waals surface area contributed by atoms with Crippen molar-refractivity contribution in [2.24, 2.45) is 0 Å². The Morgan fingerprint density at radius 3 is 1.70 bits per heavy atom. The molecule has 4 aromatic carbocycles. The van der Waals surface area contributed by atoms with Crippen molar-refractivity contribution >= 4 is 12.0 Å². The molecule has 0 fully saturated rings. The van der Waals surface area contributed by atoms with E-state index < -0.39 is 17.7 Å². The Kier molecular flexibility index (Phi) is 10.1. The number of hydrogen-bond acceptors (Lipinski definition) is 6. The monoisotopic (exact) mass is 538 g/mol. The van der Waals surface area contributed by atoms with Crippen molar-refractivity contribution in [3.63, 3.8) is 0 Å². The van der Waals surface area contributed by atoms with Crippen LogP contribution in [-0.2, 0) is 24.6 Å². The molecule has 6 nitrogen and oxygen atoms in total. The van der Waals surface area contributed by atoms with E-state index in [0.29, 0.717) is 0 Å². The van der Waals surface area contributed by atoms with E-state index in [1.54, 1.807) is 14.2 Å². The van der Waals surface area contributed by atoms with Gasteiger partial charge in [-0.15, -0.1) is 0 Å². The van der Waals surface area contributed by atoms with Gasteiger partial charge in [-0.3, -0.25) is 0 Å². The molecule has 0 unspecified atom stereocenters. The van der Waals surface area contributed by atoms with Crippen molar-refractivity contribution in [1.82, 2.24) is 0 Å². The number of rotatable bonds is 13. The van der Waals surface area contributed by atoms with E-state index in [0.717, 1.165) is 33.8 Å². The van der Waals surface area contributed by atoms with Gasteiger partial charge in [-0.1, -0.05) is 97.1 Å². The molecule has 0 bridgehead atoms. The zero-order chi connectivity index (χ0) is 28.2. The number of carbonyl (C=O) groups is 1. The fourth-order valence-corrected chi connectivity index (χ4v) is 4.51. The van der Waals surface area contributed by atoms with Gasteiger partial charge in [0.15, 0.2) is 6.10 Å². The van der Waals surface area contributed by atoms with Gasteiger partial charge in [-0.05, 0) is 46.5 Å². The molecule has 1 atom stereocenters. The van der Waals surface area contributed by atoms with Gasteiger partial charge in [0.05, 0.1) is 34.5 Å². The second-order valence-electron chi connectivity index (χ2n) is 8.97. The SMILES string of the molecule is COC(=O)[C@H](COC(c1ccccc1)(c1ccc(OC)cc1)c1ccc(OC)cc1)OC/C=C/c1ccccc1. The normalized spacial score (nSPS) is 12.2. The van der Waals surface area contributed by atoms with E-state index in [1.807, 2.05) is 121 Å². The Morgan fingerprint density at radius 2 is 1.20 bits per heavy atom. The molecular weight excluding hydrogens is 504 g/mol. The molecule has 40 heavy (non-hydrogen) atoms. The zero-order valence-electron chi connectivity index (χ0n) is 23.0. The van der Waals surface area contributed by atoms with Gasteiger partial charge in [-0.2, -0.15) is 0 Å². The molecule has 0 aliphatic heterocycles. The van der Waals surface area contributed by atoms with Crippen LogP contribution in [0.4, 0.5) is 0 Å². The summed E-state index contributed by atoms with van der Waals surface area (Å²) in [5, 5.41) is 0. The molecule has 0 aliphatic rings. The summed E-state index contributed by atoms with van der Waals surface area (Å²) in [5.41, 5.74) is 2.57. The largest absolute Gasteiger partial charge is 0.497 e. The minimum absolute atomic E-state index is 0.0567. The van der Waals surface area contributed by atoms with Crippen LogP contribution < -0.4 is 9.47 Å². The zero-order valence-corrected chi connectivity index (χ0v) is 23.0. The van der Waals surface area contributed by atoms with Gasteiger partial charge in [0.1, 0.15) is 17.1 Å². The highest BCUT2D eigenvalue weighted by atomic mass is 16.6. The number of benzene rings is 4. The van der Waals surface area contributed by atoms with Crippen LogP contribution in [0, 0.1) is 0 Å². The fourth-order valence-electron chi connectivity index (χ4n) is 4.51. The van der Waals surface area contributed by atoms with Crippen LogP contribution in [0.1, 0.15) is 22.3 Å². The highest BCUT2D eigenvalue weighted by molar-refractivity contribution is 5.74. The molecule has 0 N–H and O–H groups in total. The van der Waals surface area contributed by atoms with Crippen LogP contribution in [-0.4, -0.2) is 46.6 Å². The fraction of sp³-hybridized carbons (Fsp3) is 0.206. The number of esters is 1. The number of hydrogen-bond donors (Lipinski definition) is 0. The van der Waals surface area contributed by atoms with E-state index in [-0.39, 0.29) is 13.2 Å². The number of methoxy groups -OCH3 is 3. The molecule has 6 heteroatoms. The lowest BCUT2D eigenvalue weighted by molar-refractivity contribution is -0.160. The van der Waals surface area contributed by atoms with Gasteiger partial charge >= 0.3 is 5.97 Å². The second-order valence-corrected chi connectivity index (χ2v) is 8.97. The molecule has 206 valence electrons.